The molecule has 0 radical (unpaired) electrons. The first-order valence-electron chi connectivity index (χ1n) is 15.4. The van der Waals surface area contributed by atoms with Gasteiger partial charge in [0, 0.05) is 42.3 Å². The molecule has 7 rings (SSSR count). The lowest BCUT2D eigenvalue weighted by Crippen LogP contribution is -2.38. The zero-order valence-corrected chi connectivity index (χ0v) is 24.2. The first-order valence-corrected chi connectivity index (χ1v) is 15.4. The highest BCUT2D eigenvalue weighted by atomic mass is 16.5. The molecule has 3 aliphatic rings. The number of carbonyl (C=O) groups is 1. The van der Waals surface area contributed by atoms with Gasteiger partial charge in [0.1, 0.15) is 5.75 Å². The molecule has 216 valence electrons. The molecule has 0 bridgehead atoms. The summed E-state index contributed by atoms with van der Waals surface area (Å²) in [4.78, 5) is 29.7. The largest absolute Gasteiger partial charge is 0.437 e. The van der Waals surface area contributed by atoms with Crippen molar-refractivity contribution in [3.63, 3.8) is 0 Å². The van der Waals surface area contributed by atoms with Gasteiger partial charge in [0.25, 0.3) is 0 Å². The predicted molar refractivity (Wildman–Crippen MR) is 166 cm³/mol. The van der Waals surface area contributed by atoms with Crippen LogP contribution >= 0.6 is 0 Å². The number of benzene rings is 2. The summed E-state index contributed by atoms with van der Waals surface area (Å²) in [6.45, 7) is 4.78. The Labute approximate surface area is 246 Å². The van der Waals surface area contributed by atoms with Gasteiger partial charge in [-0.3, -0.25) is 4.79 Å². The lowest BCUT2D eigenvalue weighted by atomic mass is 9.73. The first kappa shape index (κ1) is 26.8. The van der Waals surface area contributed by atoms with Crippen molar-refractivity contribution in [2.75, 3.05) is 29.9 Å². The predicted octanol–water partition coefficient (Wildman–Crippen LogP) is 6.64. The first-order chi connectivity index (χ1) is 20.6. The maximum Gasteiger partial charge on any atom is 0.233 e. The highest BCUT2D eigenvalue weighted by Crippen LogP contribution is 2.48. The standard InChI is InChI=1S/C34H38N6O2/c1-23-12-13-25-26(9-5-11-29(25)40-21-17-34(32(40)41)15-3-2-4-16-34)30(23)42-31-27(10-7-19-36-31)28-14-20-37-33(39-28)38-24-8-6-18-35-22-24/h5,7,9-14,19-20,24,35H,2-4,6,8,15-18,21-22H2,1H3,(H,37,38,39). The molecule has 1 spiro atoms. The van der Waals surface area contributed by atoms with Crippen molar-refractivity contribution in [3.05, 3.63) is 66.5 Å². The van der Waals surface area contributed by atoms with E-state index >= 15 is 0 Å². The third-order valence-corrected chi connectivity index (χ3v) is 9.33. The van der Waals surface area contributed by atoms with Crippen LogP contribution in [-0.4, -0.2) is 46.5 Å². The lowest BCUT2D eigenvalue weighted by Gasteiger charge is -2.31. The normalized spacial score (nSPS) is 20.3. The quantitative estimate of drug-likeness (QED) is 0.272. The minimum atomic E-state index is -0.175. The number of pyridine rings is 1. The smallest absolute Gasteiger partial charge is 0.233 e. The third-order valence-electron chi connectivity index (χ3n) is 9.33. The Kier molecular flexibility index (Phi) is 7.24. The number of aromatic nitrogens is 3. The molecule has 8 nitrogen and oxygen atoms in total. The summed E-state index contributed by atoms with van der Waals surface area (Å²) < 4.78 is 6.65. The fourth-order valence-corrected chi connectivity index (χ4v) is 7.04. The number of piperidine rings is 1. The van der Waals surface area contributed by atoms with Crippen LogP contribution < -0.4 is 20.3 Å². The number of aryl methyl sites for hydroxylation is 1. The Morgan fingerprint density at radius 2 is 1.86 bits per heavy atom. The minimum Gasteiger partial charge on any atom is -0.437 e. The van der Waals surface area contributed by atoms with Gasteiger partial charge in [-0.1, -0.05) is 43.5 Å². The van der Waals surface area contributed by atoms with E-state index in [-0.39, 0.29) is 5.41 Å². The minimum absolute atomic E-state index is 0.175. The van der Waals surface area contributed by atoms with Crippen LogP contribution in [0, 0.1) is 12.3 Å². The maximum atomic E-state index is 13.8. The molecule has 1 aliphatic carbocycles. The summed E-state index contributed by atoms with van der Waals surface area (Å²) in [5, 5.41) is 8.89. The van der Waals surface area contributed by atoms with Crippen LogP contribution in [0.1, 0.15) is 56.9 Å². The van der Waals surface area contributed by atoms with Crippen molar-refractivity contribution in [1.82, 2.24) is 20.3 Å². The van der Waals surface area contributed by atoms with Crippen molar-refractivity contribution < 1.29 is 9.53 Å². The van der Waals surface area contributed by atoms with Gasteiger partial charge in [0.2, 0.25) is 17.7 Å². The second-order valence-corrected chi connectivity index (χ2v) is 12.0. The number of ether oxygens (including phenoxy) is 1. The fraction of sp³-hybridized carbons (Fsp3) is 0.412. The zero-order chi connectivity index (χ0) is 28.5. The van der Waals surface area contributed by atoms with E-state index in [1.807, 2.05) is 36.1 Å². The van der Waals surface area contributed by atoms with Crippen LogP contribution in [0.3, 0.4) is 0 Å². The lowest BCUT2D eigenvalue weighted by molar-refractivity contribution is -0.127. The van der Waals surface area contributed by atoms with Gasteiger partial charge in [-0.2, -0.15) is 0 Å². The van der Waals surface area contributed by atoms with E-state index in [0.717, 1.165) is 104 Å². The summed E-state index contributed by atoms with van der Waals surface area (Å²) in [5.41, 5.74) is 3.34. The molecule has 2 N–H and O–H groups in total. The Morgan fingerprint density at radius 3 is 2.71 bits per heavy atom. The molecule has 42 heavy (non-hydrogen) atoms. The molecule has 8 heteroatoms. The van der Waals surface area contributed by atoms with E-state index in [2.05, 4.69) is 44.9 Å². The number of carbonyl (C=O) groups excluding carboxylic acids is 1. The monoisotopic (exact) mass is 562 g/mol. The van der Waals surface area contributed by atoms with Crippen LogP contribution in [0.5, 0.6) is 11.6 Å². The number of hydrogen-bond donors (Lipinski definition) is 2. The van der Waals surface area contributed by atoms with Crippen LogP contribution in [0.25, 0.3) is 22.0 Å². The van der Waals surface area contributed by atoms with Gasteiger partial charge < -0.3 is 20.3 Å². The van der Waals surface area contributed by atoms with E-state index in [4.69, 9.17) is 9.72 Å². The Morgan fingerprint density at radius 1 is 0.952 bits per heavy atom. The number of rotatable bonds is 6. The Balaban J connectivity index is 1.21. The molecular weight excluding hydrogens is 524 g/mol. The molecule has 1 atom stereocenters. The molecular formula is C34H38N6O2. The van der Waals surface area contributed by atoms with Crippen LogP contribution in [0.15, 0.2) is 60.9 Å². The molecule has 4 heterocycles. The second-order valence-electron chi connectivity index (χ2n) is 12.0. The van der Waals surface area contributed by atoms with Gasteiger partial charge in [-0.05, 0) is 75.4 Å². The summed E-state index contributed by atoms with van der Waals surface area (Å²) in [6, 6.07) is 16.5. The van der Waals surface area contributed by atoms with Gasteiger partial charge in [-0.25, -0.2) is 15.0 Å². The molecule has 4 aromatic rings. The number of amides is 1. The third kappa shape index (κ3) is 4.98. The number of nitrogens with one attached hydrogen (secondary N) is 2. The van der Waals surface area contributed by atoms with Crippen molar-refractivity contribution in [2.45, 2.75) is 64.3 Å². The number of hydrogen-bond acceptors (Lipinski definition) is 7. The zero-order valence-electron chi connectivity index (χ0n) is 24.2. The van der Waals surface area contributed by atoms with E-state index in [1.165, 1.54) is 6.42 Å². The van der Waals surface area contributed by atoms with Gasteiger partial charge in [-0.15, -0.1) is 0 Å². The molecule has 2 aromatic heterocycles. The van der Waals surface area contributed by atoms with E-state index < -0.39 is 0 Å². The molecule has 3 fully saturated rings. The van der Waals surface area contributed by atoms with Gasteiger partial charge >= 0.3 is 0 Å². The molecule has 2 saturated heterocycles. The van der Waals surface area contributed by atoms with Crippen LogP contribution in [-0.2, 0) is 4.79 Å². The Hall–Kier alpha value is -4.04. The van der Waals surface area contributed by atoms with Crippen molar-refractivity contribution in [2.24, 2.45) is 5.41 Å². The molecule has 2 aliphatic heterocycles. The molecule has 1 unspecified atom stereocenters. The topological polar surface area (TPSA) is 92.3 Å². The average Bonchev–Trinajstić information content (AvgIpc) is 3.33. The maximum absolute atomic E-state index is 13.8. The van der Waals surface area contributed by atoms with Crippen LogP contribution in [0.2, 0.25) is 0 Å². The molecule has 1 saturated carbocycles. The Bertz CT molecular complexity index is 1610. The second kappa shape index (κ2) is 11.3. The number of anilines is 2. The van der Waals surface area contributed by atoms with Crippen molar-refractivity contribution in [3.8, 4) is 22.9 Å². The number of nitrogens with zero attached hydrogens (tertiary/aromatic N) is 4. The SMILES string of the molecule is Cc1ccc2c(N3CCC4(CCCCC4)C3=O)cccc2c1Oc1ncccc1-c1ccnc(NC2CCCNC2)n1. The fourth-order valence-electron chi connectivity index (χ4n) is 7.04. The summed E-state index contributed by atoms with van der Waals surface area (Å²) in [7, 11) is 0. The van der Waals surface area contributed by atoms with E-state index in [1.54, 1.807) is 12.4 Å². The molecule has 2 aromatic carbocycles. The van der Waals surface area contributed by atoms with E-state index in [9.17, 15) is 4.79 Å². The number of fused-ring (bicyclic) bond motifs is 1. The van der Waals surface area contributed by atoms with Gasteiger partial charge in [0.15, 0.2) is 0 Å². The van der Waals surface area contributed by atoms with Gasteiger partial charge in [0.05, 0.1) is 22.4 Å². The van der Waals surface area contributed by atoms with Crippen LogP contribution in [0.4, 0.5) is 11.6 Å². The van der Waals surface area contributed by atoms with E-state index in [0.29, 0.717) is 23.8 Å². The summed E-state index contributed by atoms with van der Waals surface area (Å²) in [5.74, 6) is 2.13. The highest BCUT2D eigenvalue weighted by molar-refractivity contribution is 6.08. The highest BCUT2D eigenvalue weighted by Gasteiger charge is 2.47. The van der Waals surface area contributed by atoms with Crippen molar-refractivity contribution in [1.29, 1.82) is 0 Å². The van der Waals surface area contributed by atoms with Crippen molar-refractivity contribution >= 4 is 28.3 Å². The molecule has 1 amide bonds. The average molecular weight is 563 g/mol. The summed E-state index contributed by atoms with van der Waals surface area (Å²) in [6.07, 6.45) is 12.3. The summed E-state index contributed by atoms with van der Waals surface area (Å²) >= 11 is 0.